The zero-order valence-electron chi connectivity index (χ0n) is 17.1. The number of benzene rings is 2. The summed E-state index contributed by atoms with van der Waals surface area (Å²) in [6.45, 7) is 4.91. The van der Waals surface area contributed by atoms with Crippen LogP contribution in [0.15, 0.2) is 42.6 Å². The van der Waals surface area contributed by atoms with Crippen LogP contribution in [0.4, 0.5) is 0 Å². The third-order valence-corrected chi connectivity index (χ3v) is 6.13. The molecule has 30 heavy (non-hydrogen) atoms. The predicted octanol–water partition coefficient (Wildman–Crippen LogP) is 3.84. The average molecular weight is 406 g/mol. The van der Waals surface area contributed by atoms with E-state index in [0.29, 0.717) is 32.7 Å². The molecule has 2 aliphatic rings. The summed E-state index contributed by atoms with van der Waals surface area (Å²) in [6, 6.07) is 12.4. The molecular weight excluding hydrogens is 380 g/mol. The SMILES string of the molecule is CCc1cccc2c([C@@H](CC(=O)N3CCOCC3)c3ccc4c(c3)OCO4)c[nH]c12. The number of H-pyrrole nitrogens is 1. The molecule has 6 heteroatoms. The van der Waals surface area contributed by atoms with Crippen LogP contribution < -0.4 is 9.47 Å². The van der Waals surface area contributed by atoms with E-state index in [0.717, 1.165) is 34.6 Å². The molecule has 0 aliphatic carbocycles. The number of hydrogen-bond acceptors (Lipinski definition) is 4. The number of aryl methyl sites for hydroxylation is 1. The van der Waals surface area contributed by atoms with Crippen LogP contribution in [0.25, 0.3) is 10.9 Å². The third kappa shape index (κ3) is 3.41. The van der Waals surface area contributed by atoms with Crippen molar-refractivity contribution >= 4 is 16.8 Å². The lowest BCUT2D eigenvalue weighted by Crippen LogP contribution is -2.41. The van der Waals surface area contributed by atoms with Crippen molar-refractivity contribution < 1.29 is 19.0 Å². The second-order valence-electron chi connectivity index (χ2n) is 7.80. The topological polar surface area (TPSA) is 63.8 Å². The summed E-state index contributed by atoms with van der Waals surface area (Å²) < 4.78 is 16.5. The molecule has 156 valence electrons. The molecular formula is C24H26N2O4. The second kappa shape index (κ2) is 8.03. The van der Waals surface area contributed by atoms with Crippen molar-refractivity contribution in [3.05, 3.63) is 59.3 Å². The summed E-state index contributed by atoms with van der Waals surface area (Å²) in [5.41, 5.74) is 4.63. The summed E-state index contributed by atoms with van der Waals surface area (Å²) in [7, 11) is 0. The van der Waals surface area contributed by atoms with E-state index < -0.39 is 0 Å². The van der Waals surface area contributed by atoms with E-state index in [9.17, 15) is 4.79 Å². The van der Waals surface area contributed by atoms with E-state index in [1.165, 1.54) is 10.9 Å². The molecule has 0 unspecified atom stereocenters. The smallest absolute Gasteiger partial charge is 0.231 e. The number of para-hydroxylation sites is 1. The van der Waals surface area contributed by atoms with Gasteiger partial charge in [0.1, 0.15) is 0 Å². The first-order chi connectivity index (χ1) is 14.7. The van der Waals surface area contributed by atoms with Crippen LogP contribution in [0.3, 0.4) is 0 Å². The molecule has 0 radical (unpaired) electrons. The molecule has 3 aromatic rings. The van der Waals surface area contributed by atoms with Crippen molar-refractivity contribution in [1.82, 2.24) is 9.88 Å². The number of morpholine rings is 1. The van der Waals surface area contributed by atoms with Crippen LogP contribution in [-0.2, 0) is 16.0 Å². The fraction of sp³-hybridized carbons (Fsp3) is 0.375. The Morgan fingerprint density at radius 1 is 1.13 bits per heavy atom. The lowest BCUT2D eigenvalue weighted by atomic mass is 9.87. The number of fused-ring (bicyclic) bond motifs is 2. The van der Waals surface area contributed by atoms with Crippen LogP contribution in [0.2, 0.25) is 0 Å². The van der Waals surface area contributed by atoms with Gasteiger partial charge in [-0.2, -0.15) is 0 Å². The van der Waals surface area contributed by atoms with Gasteiger partial charge in [-0.3, -0.25) is 4.79 Å². The van der Waals surface area contributed by atoms with Crippen LogP contribution in [0.1, 0.15) is 36.0 Å². The lowest BCUT2D eigenvalue weighted by molar-refractivity contribution is -0.135. The standard InChI is InChI=1S/C24H26N2O4/c1-2-16-4-3-5-18-20(14-25-24(16)18)19(13-23(27)26-8-10-28-11-9-26)17-6-7-21-22(12-17)30-15-29-21/h3-7,12,14,19,25H,2,8-11,13,15H2,1H3/t19-/m0/s1. The highest BCUT2D eigenvalue weighted by molar-refractivity contribution is 5.88. The summed E-state index contributed by atoms with van der Waals surface area (Å²) in [5, 5.41) is 1.17. The first-order valence-electron chi connectivity index (χ1n) is 10.6. The van der Waals surface area contributed by atoms with Crippen LogP contribution in [0, 0.1) is 0 Å². The second-order valence-corrected chi connectivity index (χ2v) is 7.80. The van der Waals surface area contributed by atoms with E-state index in [4.69, 9.17) is 14.2 Å². The van der Waals surface area contributed by atoms with Gasteiger partial charge in [-0.25, -0.2) is 0 Å². The van der Waals surface area contributed by atoms with Crippen molar-refractivity contribution in [3.8, 4) is 11.5 Å². The Morgan fingerprint density at radius 3 is 2.80 bits per heavy atom. The minimum Gasteiger partial charge on any atom is -0.454 e. The first-order valence-corrected chi connectivity index (χ1v) is 10.6. The Balaban J connectivity index is 1.55. The molecule has 1 saturated heterocycles. The number of nitrogens with one attached hydrogen (secondary N) is 1. The average Bonchev–Trinajstić information content (AvgIpc) is 3.44. The zero-order valence-corrected chi connectivity index (χ0v) is 17.1. The molecule has 6 nitrogen and oxygen atoms in total. The van der Waals surface area contributed by atoms with Gasteiger partial charge in [0.05, 0.1) is 13.2 Å². The quantitative estimate of drug-likeness (QED) is 0.699. The lowest BCUT2D eigenvalue weighted by Gasteiger charge is -2.28. The highest BCUT2D eigenvalue weighted by atomic mass is 16.7. The number of amides is 1. The highest BCUT2D eigenvalue weighted by Crippen LogP contribution is 2.40. The number of rotatable bonds is 5. The molecule has 5 rings (SSSR count). The summed E-state index contributed by atoms with van der Waals surface area (Å²) in [4.78, 5) is 18.5. The molecule has 1 N–H and O–H groups in total. The minimum atomic E-state index is -0.0734. The van der Waals surface area contributed by atoms with Crippen LogP contribution in [0.5, 0.6) is 11.5 Å². The van der Waals surface area contributed by atoms with Gasteiger partial charge in [0.15, 0.2) is 11.5 Å². The number of nitrogens with zero attached hydrogens (tertiary/aromatic N) is 1. The number of carbonyl (C=O) groups is 1. The van der Waals surface area contributed by atoms with Crippen molar-refractivity contribution in [2.45, 2.75) is 25.7 Å². The van der Waals surface area contributed by atoms with Crippen LogP contribution in [-0.4, -0.2) is 48.9 Å². The monoisotopic (exact) mass is 406 g/mol. The van der Waals surface area contributed by atoms with Gasteiger partial charge < -0.3 is 24.1 Å². The van der Waals surface area contributed by atoms with E-state index >= 15 is 0 Å². The largest absolute Gasteiger partial charge is 0.454 e. The van der Waals surface area contributed by atoms with Gasteiger partial charge in [-0.05, 0) is 35.2 Å². The molecule has 3 heterocycles. The maximum Gasteiger partial charge on any atom is 0.231 e. The summed E-state index contributed by atoms with van der Waals surface area (Å²) >= 11 is 0. The van der Waals surface area contributed by atoms with Gasteiger partial charge in [0.2, 0.25) is 12.7 Å². The molecule has 2 aliphatic heterocycles. The Hall–Kier alpha value is -2.99. The van der Waals surface area contributed by atoms with Crippen molar-refractivity contribution in [3.63, 3.8) is 0 Å². The zero-order chi connectivity index (χ0) is 20.5. The normalized spacial score (nSPS) is 16.8. The molecule has 1 atom stereocenters. The van der Waals surface area contributed by atoms with Gasteiger partial charge in [-0.15, -0.1) is 0 Å². The molecule has 1 fully saturated rings. The van der Waals surface area contributed by atoms with Gasteiger partial charge >= 0.3 is 0 Å². The van der Waals surface area contributed by atoms with E-state index in [2.05, 4.69) is 36.3 Å². The van der Waals surface area contributed by atoms with Gasteiger partial charge in [0, 0.05) is 42.5 Å². The van der Waals surface area contributed by atoms with E-state index in [-0.39, 0.29) is 18.6 Å². The molecule has 2 aromatic carbocycles. The Labute approximate surface area is 175 Å². The molecule has 1 aromatic heterocycles. The van der Waals surface area contributed by atoms with Crippen molar-refractivity contribution in [1.29, 1.82) is 0 Å². The highest BCUT2D eigenvalue weighted by Gasteiger charge is 2.27. The van der Waals surface area contributed by atoms with Gasteiger partial charge in [-0.1, -0.05) is 31.2 Å². The summed E-state index contributed by atoms with van der Waals surface area (Å²) in [6.07, 6.45) is 3.42. The first kappa shape index (κ1) is 19.0. The Morgan fingerprint density at radius 2 is 1.97 bits per heavy atom. The maximum absolute atomic E-state index is 13.2. The fourth-order valence-corrected chi connectivity index (χ4v) is 4.48. The van der Waals surface area contributed by atoms with Crippen molar-refractivity contribution in [2.75, 3.05) is 33.1 Å². The van der Waals surface area contributed by atoms with Gasteiger partial charge in [0.25, 0.3) is 0 Å². The number of hydrogen-bond donors (Lipinski definition) is 1. The number of ether oxygens (including phenoxy) is 3. The third-order valence-electron chi connectivity index (χ3n) is 6.13. The molecule has 0 saturated carbocycles. The number of aromatic amines is 1. The van der Waals surface area contributed by atoms with E-state index in [1.807, 2.05) is 23.1 Å². The van der Waals surface area contributed by atoms with Crippen molar-refractivity contribution in [2.24, 2.45) is 0 Å². The molecule has 0 spiro atoms. The Kier molecular flexibility index (Phi) is 5.09. The molecule has 1 amide bonds. The fourth-order valence-electron chi connectivity index (χ4n) is 4.48. The number of aromatic nitrogens is 1. The predicted molar refractivity (Wildman–Crippen MR) is 114 cm³/mol. The minimum absolute atomic E-state index is 0.0734. The number of carbonyl (C=O) groups excluding carboxylic acids is 1. The van der Waals surface area contributed by atoms with Crippen LogP contribution >= 0.6 is 0 Å². The maximum atomic E-state index is 13.2. The Bertz CT molecular complexity index is 1070. The molecule has 0 bridgehead atoms. The van der Waals surface area contributed by atoms with E-state index in [1.54, 1.807) is 0 Å². The summed E-state index contributed by atoms with van der Waals surface area (Å²) in [5.74, 6) is 1.58.